The number of hydrogen-bond donors (Lipinski definition) is 1. The Bertz CT molecular complexity index is 492. The number of aromatic nitrogens is 1. The lowest BCUT2D eigenvalue weighted by Crippen LogP contribution is -2.16. The van der Waals surface area contributed by atoms with E-state index in [1.165, 1.54) is 12.1 Å². The second-order valence-corrected chi connectivity index (χ2v) is 4.08. The molecule has 0 aliphatic heterocycles. The van der Waals surface area contributed by atoms with Crippen molar-refractivity contribution in [3.8, 4) is 5.75 Å². The lowest BCUT2D eigenvalue weighted by molar-refractivity contribution is -0.274. The Morgan fingerprint density at radius 2 is 1.93 bits per heavy atom. The van der Waals surface area contributed by atoms with Crippen LogP contribution in [0.15, 0.2) is 24.3 Å². The molecule has 1 aromatic carbocycles. The van der Waals surface area contributed by atoms with Crippen molar-refractivity contribution in [3.63, 3.8) is 0 Å². The van der Waals surface area contributed by atoms with Crippen molar-refractivity contribution in [2.45, 2.75) is 6.36 Å². The number of ether oxygens (including phenoxy) is 1. The van der Waals surface area contributed by atoms with Gasteiger partial charge in [0.2, 0.25) is 0 Å². The highest BCUT2D eigenvalue weighted by Gasteiger charge is 2.31. The van der Waals surface area contributed by atoms with Gasteiger partial charge in [0.05, 0.1) is 3.70 Å². The molecule has 0 spiro atoms. The van der Waals surface area contributed by atoms with Gasteiger partial charge in [-0.05, 0) is 46.9 Å². The molecular weight excluding hydrogens is 322 g/mol. The Balaban J connectivity index is 2.38. The molecule has 0 aliphatic rings. The predicted molar refractivity (Wildman–Crippen MR) is 57.7 cm³/mol. The highest BCUT2D eigenvalue weighted by Crippen LogP contribution is 2.26. The standard InChI is InChI=1S/C9H5F3INO/c10-9(11,12)15-6-1-2-7-5(3-6)4-8(13)14-7/h1-4,14H. The zero-order valence-corrected chi connectivity index (χ0v) is 9.39. The Morgan fingerprint density at radius 1 is 1.20 bits per heavy atom. The number of alkyl halides is 3. The first kappa shape index (κ1) is 10.6. The number of halogens is 4. The fraction of sp³-hybridized carbons (Fsp3) is 0.111. The van der Waals surface area contributed by atoms with Crippen molar-refractivity contribution in [3.05, 3.63) is 28.0 Å². The van der Waals surface area contributed by atoms with Crippen LogP contribution in [-0.4, -0.2) is 11.3 Å². The van der Waals surface area contributed by atoms with E-state index in [2.05, 4.69) is 32.3 Å². The molecule has 0 saturated heterocycles. The first-order chi connectivity index (χ1) is 6.94. The molecule has 0 amide bonds. The van der Waals surface area contributed by atoms with Crippen LogP contribution in [0.5, 0.6) is 5.75 Å². The maximum absolute atomic E-state index is 11.9. The summed E-state index contributed by atoms with van der Waals surface area (Å²) in [4.78, 5) is 3.00. The average Bonchev–Trinajstić information content (AvgIpc) is 2.40. The molecule has 80 valence electrons. The van der Waals surface area contributed by atoms with Crippen LogP contribution in [0.2, 0.25) is 0 Å². The minimum atomic E-state index is -4.64. The van der Waals surface area contributed by atoms with Gasteiger partial charge in [-0.25, -0.2) is 0 Å². The monoisotopic (exact) mass is 327 g/mol. The molecule has 2 nitrogen and oxygen atoms in total. The summed E-state index contributed by atoms with van der Waals surface area (Å²) in [6.07, 6.45) is -4.64. The summed E-state index contributed by atoms with van der Waals surface area (Å²) in [5.74, 6) is -0.203. The van der Waals surface area contributed by atoms with Crippen LogP contribution < -0.4 is 4.74 Å². The lowest BCUT2D eigenvalue weighted by atomic mass is 10.2. The van der Waals surface area contributed by atoms with Gasteiger partial charge in [-0.1, -0.05) is 0 Å². The number of H-pyrrole nitrogens is 1. The number of rotatable bonds is 1. The van der Waals surface area contributed by atoms with Gasteiger partial charge in [0.15, 0.2) is 0 Å². The zero-order valence-electron chi connectivity index (χ0n) is 7.23. The van der Waals surface area contributed by atoms with Gasteiger partial charge in [-0.15, -0.1) is 13.2 Å². The van der Waals surface area contributed by atoms with E-state index in [4.69, 9.17) is 0 Å². The maximum atomic E-state index is 11.9. The highest BCUT2D eigenvalue weighted by atomic mass is 127. The number of hydrogen-bond acceptors (Lipinski definition) is 1. The van der Waals surface area contributed by atoms with Crippen LogP contribution in [0.4, 0.5) is 13.2 Å². The molecule has 2 aromatic rings. The van der Waals surface area contributed by atoms with Crippen molar-refractivity contribution < 1.29 is 17.9 Å². The number of aromatic amines is 1. The fourth-order valence-corrected chi connectivity index (χ4v) is 1.90. The largest absolute Gasteiger partial charge is 0.573 e. The van der Waals surface area contributed by atoms with E-state index in [0.29, 0.717) is 5.39 Å². The second kappa shape index (κ2) is 3.58. The van der Waals surface area contributed by atoms with Crippen LogP contribution in [-0.2, 0) is 0 Å². The van der Waals surface area contributed by atoms with Gasteiger partial charge >= 0.3 is 6.36 Å². The molecule has 0 radical (unpaired) electrons. The molecule has 0 fully saturated rings. The first-order valence-electron chi connectivity index (χ1n) is 3.98. The molecule has 2 rings (SSSR count). The third kappa shape index (κ3) is 2.55. The van der Waals surface area contributed by atoms with Crippen molar-refractivity contribution in [1.82, 2.24) is 4.98 Å². The maximum Gasteiger partial charge on any atom is 0.573 e. The Morgan fingerprint density at radius 3 is 2.60 bits per heavy atom. The normalized spacial score (nSPS) is 12.0. The van der Waals surface area contributed by atoms with E-state index in [1.54, 1.807) is 12.1 Å². The minimum absolute atomic E-state index is 0.203. The van der Waals surface area contributed by atoms with Crippen molar-refractivity contribution in [2.24, 2.45) is 0 Å². The van der Waals surface area contributed by atoms with E-state index in [1.807, 2.05) is 0 Å². The summed E-state index contributed by atoms with van der Waals surface area (Å²) in [6, 6.07) is 5.93. The van der Waals surface area contributed by atoms with Crippen molar-refractivity contribution >= 4 is 33.5 Å². The smallest absolute Gasteiger partial charge is 0.406 e. The quantitative estimate of drug-likeness (QED) is 0.795. The summed E-state index contributed by atoms with van der Waals surface area (Å²) < 4.78 is 40.4. The minimum Gasteiger partial charge on any atom is -0.406 e. The van der Waals surface area contributed by atoms with E-state index >= 15 is 0 Å². The van der Waals surface area contributed by atoms with Gasteiger partial charge in [-0.3, -0.25) is 0 Å². The summed E-state index contributed by atoms with van der Waals surface area (Å²) in [5, 5.41) is 0.696. The molecule has 1 N–H and O–H groups in total. The van der Waals surface area contributed by atoms with E-state index in [9.17, 15) is 13.2 Å². The van der Waals surface area contributed by atoms with Gasteiger partial charge in [0.25, 0.3) is 0 Å². The van der Waals surface area contributed by atoms with Crippen LogP contribution in [0.1, 0.15) is 0 Å². The molecule has 1 heterocycles. The van der Waals surface area contributed by atoms with Crippen LogP contribution >= 0.6 is 22.6 Å². The molecule has 0 saturated carbocycles. The number of nitrogens with one attached hydrogen (secondary N) is 1. The lowest BCUT2D eigenvalue weighted by Gasteiger charge is -2.08. The van der Waals surface area contributed by atoms with Gasteiger partial charge < -0.3 is 9.72 Å². The third-order valence-corrected chi connectivity index (χ3v) is 2.37. The molecule has 0 unspecified atom stereocenters. The Kier molecular flexibility index (Phi) is 2.53. The summed E-state index contributed by atoms with van der Waals surface area (Å²) in [6.45, 7) is 0. The summed E-state index contributed by atoms with van der Waals surface area (Å²) in [7, 11) is 0. The topological polar surface area (TPSA) is 25.0 Å². The van der Waals surface area contributed by atoms with Crippen LogP contribution in [0, 0.1) is 3.70 Å². The summed E-state index contributed by atoms with van der Waals surface area (Å²) in [5.41, 5.74) is 0.786. The molecule has 0 aliphatic carbocycles. The Labute approximate surface area is 96.6 Å². The van der Waals surface area contributed by atoms with Crippen molar-refractivity contribution in [2.75, 3.05) is 0 Å². The number of benzene rings is 1. The first-order valence-corrected chi connectivity index (χ1v) is 5.06. The SMILES string of the molecule is FC(F)(F)Oc1ccc2[nH]c(I)cc2c1. The Hall–Kier alpha value is -0.920. The molecule has 6 heteroatoms. The molecule has 15 heavy (non-hydrogen) atoms. The fourth-order valence-electron chi connectivity index (χ4n) is 1.27. The second-order valence-electron chi connectivity index (χ2n) is 2.91. The van der Waals surface area contributed by atoms with E-state index < -0.39 is 6.36 Å². The molecule has 1 aromatic heterocycles. The number of fused-ring (bicyclic) bond motifs is 1. The molecule has 0 bridgehead atoms. The van der Waals surface area contributed by atoms with E-state index in [0.717, 1.165) is 9.22 Å². The van der Waals surface area contributed by atoms with Gasteiger partial charge in [-0.2, -0.15) is 0 Å². The zero-order chi connectivity index (χ0) is 11.1. The predicted octanol–water partition coefficient (Wildman–Crippen LogP) is 3.67. The van der Waals surface area contributed by atoms with Crippen LogP contribution in [0.25, 0.3) is 10.9 Å². The molecular formula is C9H5F3INO. The highest BCUT2D eigenvalue weighted by molar-refractivity contribution is 14.1. The molecule has 0 atom stereocenters. The average molecular weight is 327 g/mol. The third-order valence-electron chi connectivity index (χ3n) is 1.79. The van der Waals surface area contributed by atoms with Gasteiger partial charge in [0, 0.05) is 10.9 Å². The summed E-state index contributed by atoms with van der Waals surface area (Å²) >= 11 is 2.05. The van der Waals surface area contributed by atoms with Crippen LogP contribution in [0.3, 0.4) is 0 Å². The van der Waals surface area contributed by atoms with E-state index in [-0.39, 0.29) is 5.75 Å². The van der Waals surface area contributed by atoms with Crippen molar-refractivity contribution in [1.29, 1.82) is 0 Å². The van der Waals surface area contributed by atoms with Gasteiger partial charge in [0.1, 0.15) is 5.75 Å².